The number of H-pyrrole nitrogens is 1. The van der Waals surface area contributed by atoms with Crippen LogP contribution >= 0.6 is 0 Å². The number of fused-ring (bicyclic) bond motifs is 10. The molecule has 0 aliphatic carbocycles. The molecule has 4 aliphatic heterocycles. The predicted octanol–water partition coefficient (Wildman–Crippen LogP) is 6.87. The molecule has 2 saturated heterocycles. The lowest BCUT2D eigenvalue weighted by Crippen LogP contribution is -2.50. The van der Waals surface area contributed by atoms with Crippen LogP contribution in [0.5, 0.6) is 11.6 Å². The molecule has 4 aliphatic rings. The average molecular weight is 828 g/mol. The molecule has 2 amide bonds. The van der Waals surface area contributed by atoms with Crippen molar-refractivity contribution >= 4 is 62.2 Å². The summed E-state index contributed by atoms with van der Waals surface area (Å²) in [6, 6.07) is 32.5. The van der Waals surface area contributed by atoms with Crippen molar-refractivity contribution in [2.45, 2.75) is 31.8 Å². The second kappa shape index (κ2) is 14.2. The van der Waals surface area contributed by atoms with Crippen molar-refractivity contribution in [1.29, 1.82) is 0 Å². The lowest BCUT2D eigenvalue weighted by molar-refractivity contribution is -0.384. The number of amides is 2. The number of carbonyl (C=O) groups is 3. The topological polar surface area (TPSA) is 202 Å². The molecule has 2 aromatic heterocycles. The number of ether oxygens (including phenoxy) is 1. The molecule has 0 radical (unpaired) electrons. The molecule has 0 bridgehead atoms. The van der Waals surface area contributed by atoms with Crippen molar-refractivity contribution in [1.82, 2.24) is 19.9 Å². The highest BCUT2D eigenvalue weighted by molar-refractivity contribution is 6.56. The number of nitrogens with zero attached hydrogens (tertiary/aromatic N) is 5. The molecular weight excluding hydrogens is 791 g/mol. The Morgan fingerprint density at radius 2 is 1.58 bits per heavy atom. The third-order valence-electron chi connectivity index (χ3n) is 12.2. The highest BCUT2D eigenvalue weighted by Crippen LogP contribution is 2.57. The Labute approximate surface area is 352 Å². The molecule has 7 aromatic rings. The zero-order valence-electron chi connectivity index (χ0n) is 33.5. The number of nitro groups is 1. The van der Waals surface area contributed by atoms with E-state index in [0.717, 1.165) is 15.8 Å². The van der Waals surface area contributed by atoms with Gasteiger partial charge in [0.25, 0.3) is 11.2 Å². The van der Waals surface area contributed by atoms with Crippen LogP contribution in [0.25, 0.3) is 27.5 Å². The van der Waals surface area contributed by atoms with E-state index in [2.05, 4.69) is 15.3 Å². The summed E-state index contributed by atoms with van der Waals surface area (Å²) < 4.78 is 7.00. The molecule has 1 spiro atoms. The normalized spacial score (nSPS) is 20.6. The van der Waals surface area contributed by atoms with Gasteiger partial charge in [0, 0.05) is 40.2 Å². The van der Waals surface area contributed by atoms with Gasteiger partial charge in [0.1, 0.15) is 28.5 Å². The summed E-state index contributed by atoms with van der Waals surface area (Å²) in [7, 11) is 1.38. The fourth-order valence-electron chi connectivity index (χ4n) is 9.73. The molecule has 0 saturated carbocycles. The van der Waals surface area contributed by atoms with Crippen LogP contribution in [0.3, 0.4) is 0 Å². The van der Waals surface area contributed by atoms with Crippen LogP contribution in [0.4, 0.5) is 17.1 Å². The Balaban J connectivity index is 0.000000190. The highest BCUT2D eigenvalue weighted by atomic mass is 16.6. The van der Waals surface area contributed by atoms with Gasteiger partial charge >= 0.3 is 0 Å². The Morgan fingerprint density at radius 3 is 2.34 bits per heavy atom. The van der Waals surface area contributed by atoms with Gasteiger partial charge in [-0.25, -0.2) is 14.9 Å². The number of hydrogen-bond acceptors (Lipinski definition) is 11. The number of anilines is 1. The maximum absolute atomic E-state index is 14.6. The van der Waals surface area contributed by atoms with Crippen molar-refractivity contribution in [3.05, 3.63) is 158 Å². The number of ketones is 1. The van der Waals surface area contributed by atoms with Crippen LogP contribution in [-0.2, 0) is 15.1 Å². The van der Waals surface area contributed by atoms with E-state index in [1.807, 2.05) is 74.5 Å². The molecule has 308 valence electrons. The minimum Gasteiger partial charge on any atom is -0.495 e. The summed E-state index contributed by atoms with van der Waals surface area (Å²) in [5.41, 5.74) is 2.73. The number of Topliss-reactive ketones (excluding diaryl/α,β-unsaturated/α-hetero) is 1. The first-order chi connectivity index (χ1) is 29.9. The zero-order chi connectivity index (χ0) is 43.2. The number of aromatic hydroxyl groups is 1. The molecule has 2 unspecified atom stereocenters. The Kier molecular flexibility index (Phi) is 8.78. The van der Waals surface area contributed by atoms with Gasteiger partial charge < -0.3 is 14.8 Å². The highest BCUT2D eigenvalue weighted by Gasteiger charge is 2.70. The van der Waals surface area contributed by atoms with Crippen LogP contribution in [0.2, 0.25) is 0 Å². The molecule has 2 fully saturated rings. The van der Waals surface area contributed by atoms with Gasteiger partial charge in [-0.1, -0.05) is 74.5 Å². The molecule has 6 heterocycles. The second-order valence-corrected chi connectivity index (χ2v) is 16.1. The number of non-ortho nitro benzene ring substituents is 1. The van der Waals surface area contributed by atoms with E-state index in [1.54, 1.807) is 41.0 Å². The summed E-state index contributed by atoms with van der Waals surface area (Å²) >= 11 is 0. The van der Waals surface area contributed by atoms with E-state index in [-0.39, 0.29) is 40.3 Å². The van der Waals surface area contributed by atoms with Gasteiger partial charge in [-0.2, -0.15) is 0 Å². The largest absolute Gasteiger partial charge is 0.495 e. The van der Waals surface area contributed by atoms with Crippen LogP contribution in [0.1, 0.15) is 47.6 Å². The van der Waals surface area contributed by atoms with Crippen molar-refractivity contribution < 1.29 is 29.2 Å². The van der Waals surface area contributed by atoms with Crippen LogP contribution in [-0.4, -0.2) is 61.0 Å². The molecule has 3 N–H and O–H groups in total. The van der Waals surface area contributed by atoms with Gasteiger partial charge in [-0.15, -0.1) is 0 Å². The quantitative estimate of drug-likeness (QED) is 0.0902. The fraction of sp³-hybridized carbons (Fsp3) is 0.191. The van der Waals surface area contributed by atoms with Gasteiger partial charge in [0.05, 0.1) is 51.7 Å². The van der Waals surface area contributed by atoms with Crippen LogP contribution in [0.15, 0.2) is 125 Å². The number of nitro benzene ring substituents is 1. The number of aliphatic imine (C=N–C) groups is 1. The lowest BCUT2D eigenvalue weighted by atomic mass is 9.75. The van der Waals surface area contributed by atoms with Gasteiger partial charge in [0.2, 0.25) is 17.6 Å². The van der Waals surface area contributed by atoms with E-state index in [0.29, 0.717) is 56.9 Å². The predicted molar refractivity (Wildman–Crippen MR) is 231 cm³/mol. The minimum atomic E-state index is -1.29. The second-order valence-electron chi connectivity index (χ2n) is 16.1. The van der Waals surface area contributed by atoms with Gasteiger partial charge in [-0.05, 0) is 54.8 Å². The number of hydrogen-bond donors (Lipinski definition) is 3. The molecule has 62 heavy (non-hydrogen) atoms. The molecule has 11 rings (SSSR count). The maximum Gasteiger partial charge on any atom is 0.271 e. The number of aromatic nitrogens is 3. The van der Waals surface area contributed by atoms with E-state index in [4.69, 9.17) is 9.72 Å². The van der Waals surface area contributed by atoms with Gasteiger partial charge in [0.15, 0.2) is 5.88 Å². The SMILES string of the molecule is COc1ccc([N+](=O)[O-])cc1N1C(=O)[C@H]2C(CC(C)C)NC3(c4ccccc4-n4c3nc3ccccc3c4=O)[C@H]2C1=O.O=C1C(c2c(O)[nH]c3ccccc23)=Nc2ccccc21. The smallest absolute Gasteiger partial charge is 0.271 e. The Morgan fingerprint density at radius 1 is 0.871 bits per heavy atom. The van der Waals surface area contributed by atoms with Crippen molar-refractivity contribution in [3.63, 3.8) is 0 Å². The van der Waals surface area contributed by atoms with Crippen molar-refractivity contribution in [2.75, 3.05) is 12.0 Å². The number of imide groups is 1. The summed E-state index contributed by atoms with van der Waals surface area (Å²) in [4.78, 5) is 79.7. The first-order valence-corrected chi connectivity index (χ1v) is 20.1. The van der Waals surface area contributed by atoms with E-state index >= 15 is 0 Å². The maximum atomic E-state index is 14.6. The van der Waals surface area contributed by atoms with E-state index in [9.17, 15) is 34.4 Å². The number of methoxy groups -OCH3 is 1. The van der Waals surface area contributed by atoms with E-state index in [1.165, 1.54) is 25.3 Å². The standard InChI is InChI=1S/C31H27N5O6.C16H10N2O2/c1-16(2)14-21-25-26(29(39)34(28(25)38)23-15-17(36(40)41)12-13-24(23)42-3)31(33-21)19-9-5-7-11-22(19)35-27(37)18-8-4-6-10-20(18)32-30(31)35;19-15-10-6-2-4-8-12(10)17-14(15)13-9-5-1-3-7-11(9)18-16(13)20/h4-13,15-16,21,25-26,33H,14H2,1-3H3;1-8,18,20H/t21?,25-,26+,31?;/m0./s1. The van der Waals surface area contributed by atoms with Crippen molar-refractivity contribution in [3.8, 4) is 17.3 Å². The summed E-state index contributed by atoms with van der Waals surface area (Å²) in [6.45, 7) is 4.08. The Hall–Kier alpha value is -7.78. The van der Waals surface area contributed by atoms with Gasteiger partial charge in [-0.3, -0.25) is 39.2 Å². The molecule has 15 heteroatoms. The van der Waals surface area contributed by atoms with Crippen LogP contribution in [0, 0.1) is 27.9 Å². The summed E-state index contributed by atoms with van der Waals surface area (Å²) in [6.07, 6.45) is 0.571. The first kappa shape index (κ1) is 38.4. The number of benzene rings is 5. The molecular formula is C47H37N7O8. The minimum absolute atomic E-state index is 0.0182. The first-order valence-electron chi connectivity index (χ1n) is 20.1. The molecule has 4 atom stereocenters. The van der Waals surface area contributed by atoms with E-state index < -0.39 is 40.2 Å². The summed E-state index contributed by atoms with van der Waals surface area (Å²) in [5, 5.41) is 26.7. The Bertz CT molecular complexity index is 3190. The number of nitrogens with one attached hydrogen (secondary N) is 2. The number of para-hydroxylation sites is 4. The average Bonchev–Trinajstić information content (AvgIpc) is 4.03. The molecule has 5 aromatic carbocycles. The molecule has 15 nitrogen and oxygen atoms in total. The number of rotatable bonds is 6. The van der Waals surface area contributed by atoms with Crippen LogP contribution < -0.4 is 20.5 Å². The fourth-order valence-corrected chi connectivity index (χ4v) is 9.73. The zero-order valence-corrected chi connectivity index (χ0v) is 33.5. The lowest BCUT2D eigenvalue weighted by Gasteiger charge is -2.32. The number of aromatic amines is 1. The third kappa shape index (κ3) is 5.47. The van der Waals surface area contributed by atoms with Crippen molar-refractivity contribution in [2.24, 2.45) is 22.7 Å². The third-order valence-corrected chi connectivity index (χ3v) is 12.2. The monoisotopic (exact) mass is 827 g/mol. The summed E-state index contributed by atoms with van der Waals surface area (Å²) in [5.74, 6) is -2.28. The number of carbonyl (C=O) groups excluding carboxylic acids is 3.